The molecule has 1 rings (SSSR count). The Morgan fingerprint density at radius 1 is 0.606 bits per heavy atom. The van der Waals surface area contributed by atoms with Crippen molar-refractivity contribution in [2.24, 2.45) is 0 Å². The highest BCUT2D eigenvalue weighted by Crippen LogP contribution is 2.26. The van der Waals surface area contributed by atoms with Crippen LogP contribution in [0.1, 0.15) is 226 Å². The van der Waals surface area contributed by atoms with E-state index in [1.54, 1.807) is 6.08 Å². The lowest BCUT2D eigenvalue weighted by Gasteiger charge is -2.41. The summed E-state index contributed by atoms with van der Waals surface area (Å²) in [4.78, 5) is 26.3. The van der Waals surface area contributed by atoms with Crippen molar-refractivity contribution in [1.29, 1.82) is 0 Å². The van der Waals surface area contributed by atoms with Gasteiger partial charge in [-0.3, -0.25) is 9.59 Å². The Morgan fingerprint density at radius 3 is 1.68 bits per heavy atom. The van der Waals surface area contributed by atoms with Crippen molar-refractivity contribution in [2.45, 2.75) is 275 Å². The number of carbonyl (C=O) groups is 2. The maximum Gasteiger partial charge on any atom is 0.306 e. The zero-order chi connectivity index (χ0) is 48.3. The van der Waals surface area contributed by atoms with Crippen LogP contribution in [-0.2, 0) is 23.8 Å². The van der Waals surface area contributed by atoms with E-state index < -0.39 is 67.4 Å². The summed E-state index contributed by atoms with van der Waals surface area (Å²) in [6.07, 6.45) is 40.2. The molecule has 8 unspecified atom stereocenters. The summed E-state index contributed by atoms with van der Waals surface area (Å²) < 4.78 is 17.5. The molecule has 1 amide bonds. The number of ether oxygens (including phenoxy) is 3. The second kappa shape index (κ2) is 43.9. The fourth-order valence-electron chi connectivity index (χ4n) is 8.14. The van der Waals surface area contributed by atoms with E-state index >= 15 is 0 Å². The number of hydrogen-bond donors (Lipinski definition) is 6. The van der Waals surface area contributed by atoms with Gasteiger partial charge in [0, 0.05) is 6.42 Å². The molecule has 0 saturated carbocycles. The summed E-state index contributed by atoms with van der Waals surface area (Å²) in [5.41, 5.74) is 0. The molecule has 0 aliphatic carbocycles. The van der Waals surface area contributed by atoms with E-state index in [9.17, 15) is 35.1 Å². The van der Waals surface area contributed by atoms with E-state index in [0.717, 1.165) is 109 Å². The number of amides is 1. The largest absolute Gasteiger partial charge is 0.454 e. The Morgan fingerprint density at radius 2 is 1.11 bits per heavy atom. The van der Waals surface area contributed by atoms with Gasteiger partial charge in [-0.25, -0.2) is 0 Å². The number of aliphatic hydroxyl groups excluding tert-OH is 5. The average molecular weight is 934 g/mol. The first-order chi connectivity index (χ1) is 32.2. The molecule has 384 valence electrons. The van der Waals surface area contributed by atoms with Gasteiger partial charge in [0.1, 0.15) is 24.4 Å². The highest BCUT2D eigenvalue weighted by molar-refractivity contribution is 5.80. The van der Waals surface area contributed by atoms with Crippen molar-refractivity contribution in [3.63, 3.8) is 0 Å². The van der Waals surface area contributed by atoms with Crippen molar-refractivity contribution in [2.75, 3.05) is 13.2 Å². The number of aliphatic hydroxyl groups is 5. The highest BCUT2D eigenvalue weighted by atomic mass is 16.7. The minimum Gasteiger partial charge on any atom is -0.454 e. The molecule has 0 spiro atoms. The van der Waals surface area contributed by atoms with E-state index in [4.69, 9.17) is 14.2 Å². The predicted octanol–water partition coefficient (Wildman–Crippen LogP) is 11.3. The summed E-state index contributed by atoms with van der Waals surface area (Å²) in [5.74, 6) is -1.21. The Balaban J connectivity index is 2.79. The van der Waals surface area contributed by atoms with Crippen LogP contribution >= 0.6 is 0 Å². The van der Waals surface area contributed by atoms with Gasteiger partial charge < -0.3 is 45.1 Å². The van der Waals surface area contributed by atoms with E-state index in [2.05, 4.69) is 62.5 Å². The van der Waals surface area contributed by atoms with Gasteiger partial charge in [0.2, 0.25) is 5.91 Å². The zero-order valence-corrected chi connectivity index (χ0v) is 42.1. The van der Waals surface area contributed by atoms with Crippen molar-refractivity contribution >= 4 is 11.9 Å². The first-order valence-corrected chi connectivity index (χ1v) is 26.9. The molecule has 11 heteroatoms. The zero-order valence-electron chi connectivity index (χ0n) is 42.1. The molecular weight excluding hydrogens is 835 g/mol. The van der Waals surface area contributed by atoms with Crippen LogP contribution in [-0.4, -0.2) is 99.6 Å². The third-order valence-corrected chi connectivity index (χ3v) is 12.5. The minimum absolute atomic E-state index is 0.112. The Bertz CT molecular complexity index is 1260. The maximum atomic E-state index is 13.3. The molecule has 0 bridgehead atoms. The monoisotopic (exact) mass is 934 g/mol. The predicted molar refractivity (Wildman–Crippen MR) is 269 cm³/mol. The Hall–Kier alpha value is -2.38. The van der Waals surface area contributed by atoms with E-state index in [0.29, 0.717) is 12.8 Å². The molecule has 0 aromatic heterocycles. The van der Waals surface area contributed by atoms with E-state index in [1.165, 1.54) is 70.6 Å². The third-order valence-electron chi connectivity index (χ3n) is 12.5. The molecule has 0 radical (unpaired) electrons. The van der Waals surface area contributed by atoms with Crippen LogP contribution in [0.15, 0.2) is 48.6 Å². The van der Waals surface area contributed by atoms with Crippen LogP contribution in [0, 0.1) is 0 Å². The molecule has 1 heterocycles. The molecule has 1 fully saturated rings. The molecule has 1 saturated heterocycles. The molecular formula is C55H99NO10. The average Bonchev–Trinajstić information content (AvgIpc) is 3.31. The first kappa shape index (κ1) is 61.6. The van der Waals surface area contributed by atoms with Crippen molar-refractivity contribution in [1.82, 2.24) is 5.32 Å². The van der Waals surface area contributed by atoms with Gasteiger partial charge in [-0.1, -0.05) is 198 Å². The number of allylic oxidation sites excluding steroid dienone is 7. The van der Waals surface area contributed by atoms with Gasteiger partial charge in [-0.05, 0) is 70.6 Å². The molecule has 1 aliphatic rings. The van der Waals surface area contributed by atoms with Crippen molar-refractivity contribution in [3.05, 3.63) is 48.6 Å². The molecule has 0 aromatic carbocycles. The second-order valence-corrected chi connectivity index (χ2v) is 18.6. The van der Waals surface area contributed by atoms with E-state index in [1.807, 2.05) is 6.08 Å². The summed E-state index contributed by atoms with van der Waals surface area (Å²) >= 11 is 0. The molecule has 1 aliphatic heterocycles. The molecule has 66 heavy (non-hydrogen) atoms. The van der Waals surface area contributed by atoms with Gasteiger partial charge in [0.05, 0.1) is 25.4 Å². The van der Waals surface area contributed by atoms with Crippen LogP contribution < -0.4 is 5.32 Å². The summed E-state index contributed by atoms with van der Waals surface area (Å²) in [5, 5.41) is 56.6. The number of rotatable bonds is 44. The van der Waals surface area contributed by atoms with Gasteiger partial charge in [0.15, 0.2) is 12.4 Å². The molecule has 8 atom stereocenters. The smallest absolute Gasteiger partial charge is 0.306 e. The standard InChI is InChI=1S/C55H99NO10/c1-4-7-10-13-16-19-22-24-27-29-32-35-38-41-47(58)46(56-54(63)48(59)42-39-36-33-30-28-25-23-20-17-14-11-8-5-2)45-64-55-53(52(62)51(61)49(44-57)65-55)66-50(60)43-40-37-34-31-26-21-18-15-12-9-6-3/h8,11,15,17-18,20,38,41,46-49,51-53,55,57-59,61-62H,4-7,9-10,12-14,16,19,21-37,39-40,42-45H2,1-3H3,(H,56,63)/b11-8+,18-15-,20-17+,41-38+. The molecule has 6 N–H and O–H groups in total. The van der Waals surface area contributed by atoms with Crippen LogP contribution in [0.4, 0.5) is 0 Å². The SMILES string of the molecule is CC/C=C/C/C=C/CCCCCCCCC(O)C(=O)NC(COC1OC(CO)C(O)C(O)C1OC(=O)CCCCCCC/C=C\CCCC)C(O)/C=C/CCCCCCCCCCCCC. The number of nitrogens with one attached hydrogen (secondary N) is 1. The third kappa shape index (κ3) is 32.4. The second-order valence-electron chi connectivity index (χ2n) is 18.6. The lowest BCUT2D eigenvalue weighted by molar-refractivity contribution is -0.305. The van der Waals surface area contributed by atoms with Crippen LogP contribution in [0.25, 0.3) is 0 Å². The van der Waals surface area contributed by atoms with Crippen molar-refractivity contribution in [3.8, 4) is 0 Å². The summed E-state index contributed by atoms with van der Waals surface area (Å²) in [7, 11) is 0. The van der Waals surface area contributed by atoms with Crippen LogP contribution in [0.3, 0.4) is 0 Å². The summed E-state index contributed by atoms with van der Waals surface area (Å²) in [6.45, 7) is 5.60. The lowest BCUT2D eigenvalue weighted by Crippen LogP contribution is -2.61. The Kier molecular flexibility index (Phi) is 41.0. The van der Waals surface area contributed by atoms with Gasteiger partial charge >= 0.3 is 5.97 Å². The maximum absolute atomic E-state index is 13.3. The Labute approximate surface area is 402 Å². The normalized spacial score (nSPS) is 20.5. The van der Waals surface area contributed by atoms with Crippen molar-refractivity contribution < 1.29 is 49.3 Å². The number of hydrogen-bond acceptors (Lipinski definition) is 10. The topological polar surface area (TPSA) is 175 Å². The first-order valence-electron chi connectivity index (χ1n) is 26.9. The van der Waals surface area contributed by atoms with Crippen LogP contribution in [0.5, 0.6) is 0 Å². The summed E-state index contributed by atoms with van der Waals surface area (Å²) in [6, 6.07) is -1.03. The number of unbranched alkanes of at least 4 members (excludes halogenated alkanes) is 24. The minimum atomic E-state index is -1.62. The van der Waals surface area contributed by atoms with Gasteiger partial charge in [-0.2, -0.15) is 0 Å². The lowest BCUT2D eigenvalue weighted by atomic mass is 9.99. The van der Waals surface area contributed by atoms with Gasteiger partial charge in [-0.15, -0.1) is 0 Å². The molecule has 11 nitrogen and oxygen atoms in total. The van der Waals surface area contributed by atoms with Gasteiger partial charge in [0.25, 0.3) is 0 Å². The van der Waals surface area contributed by atoms with Crippen LogP contribution in [0.2, 0.25) is 0 Å². The highest BCUT2D eigenvalue weighted by Gasteiger charge is 2.47. The fourth-order valence-corrected chi connectivity index (χ4v) is 8.14. The quantitative estimate of drug-likeness (QED) is 0.0196. The number of carbonyl (C=O) groups excluding carboxylic acids is 2. The van der Waals surface area contributed by atoms with E-state index in [-0.39, 0.29) is 19.4 Å². The molecule has 0 aromatic rings. The number of esters is 1. The fraction of sp³-hybridized carbons (Fsp3) is 0.818.